The van der Waals surface area contributed by atoms with Crippen LogP contribution in [0.2, 0.25) is 0 Å². The number of amides is 1. The highest BCUT2D eigenvalue weighted by molar-refractivity contribution is 8.01. The van der Waals surface area contributed by atoms with Gasteiger partial charge < -0.3 is 23.8 Å². The fraction of sp³-hybridized carbons (Fsp3) is 0.517. The molecule has 3 heterocycles. The molecule has 0 aliphatic carbocycles. The van der Waals surface area contributed by atoms with E-state index >= 15 is 0 Å². The Morgan fingerprint density at radius 3 is 2.58 bits per heavy atom. The number of thiophene rings is 1. The molecule has 2 aromatic heterocycles. The fourth-order valence-corrected chi connectivity index (χ4v) is 6.72. The standard InChI is InChI=1S/C29H39N3O4S2/c1-21-19-26(33)32(25-20-23(35-5)8-9-24(21)25)15-14-30-12-10-22(11-13-30)31(28(34)36-29(2,3)4)16-18-38-27-7-6-17-37-27/h6-9,17,19-20,22H,10-16,18H2,1-5H3. The lowest BCUT2D eigenvalue weighted by Crippen LogP contribution is -2.50. The van der Waals surface area contributed by atoms with Crippen LogP contribution >= 0.6 is 23.1 Å². The fourth-order valence-electron chi connectivity index (χ4n) is 4.92. The van der Waals surface area contributed by atoms with E-state index in [9.17, 15) is 9.59 Å². The molecular formula is C29H39N3O4S2. The Hall–Kier alpha value is -2.49. The second-order valence-electron chi connectivity index (χ2n) is 10.7. The highest BCUT2D eigenvalue weighted by atomic mass is 32.2. The van der Waals surface area contributed by atoms with Crippen LogP contribution in [0, 0.1) is 6.92 Å². The van der Waals surface area contributed by atoms with Crippen molar-refractivity contribution in [1.82, 2.24) is 14.4 Å². The number of benzene rings is 1. The third-order valence-corrected chi connectivity index (χ3v) is 8.97. The smallest absolute Gasteiger partial charge is 0.410 e. The van der Waals surface area contributed by atoms with Crippen LogP contribution < -0.4 is 10.3 Å². The summed E-state index contributed by atoms with van der Waals surface area (Å²) >= 11 is 3.51. The zero-order valence-electron chi connectivity index (χ0n) is 23.1. The first-order chi connectivity index (χ1) is 18.1. The van der Waals surface area contributed by atoms with E-state index < -0.39 is 5.60 Å². The molecular weight excluding hydrogens is 518 g/mol. The summed E-state index contributed by atoms with van der Waals surface area (Å²) in [6, 6.07) is 11.9. The van der Waals surface area contributed by atoms with Crippen molar-refractivity contribution in [2.45, 2.75) is 62.9 Å². The van der Waals surface area contributed by atoms with Crippen LogP contribution in [0.1, 0.15) is 39.2 Å². The number of ether oxygens (including phenoxy) is 2. The molecule has 0 N–H and O–H groups in total. The van der Waals surface area contributed by atoms with E-state index in [0.29, 0.717) is 13.1 Å². The van der Waals surface area contributed by atoms with Gasteiger partial charge in [0.2, 0.25) is 0 Å². The van der Waals surface area contributed by atoms with Gasteiger partial charge in [-0.25, -0.2) is 4.79 Å². The van der Waals surface area contributed by atoms with Crippen molar-refractivity contribution in [3.05, 3.63) is 57.7 Å². The molecule has 0 unspecified atom stereocenters. The minimum atomic E-state index is -0.524. The number of likely N-dealkylation sites (tertiary alicyclic amines) is 1. The molecule has 0 saturated carbocycles. The van der Waals surface area contributed by atoms with Gasteiger partial charge in [-0.1, -0.05) is 6.07 Å². The van der Waals surface area contributed by atoms with Crippen LogP contribution in [0.4, 0.5) is 4.79 Å². The van der Waals surface area contributed by atoms with Crippen LogP contribution in [-0.4, -0.2) is 71.1 Å². The van der Waals surface area contributed by atoms with Gasteiger partial charge in [-0.2, -0.15) is 0 Å². The zero-order chi connectivity index (χ0) is 27.3. The quantitative estimate of drug-likeness (QED) is 0.307. The number of hydrogen-bond donors (Lipinski definition) is 0. The molecule has 9 heteroatoms. The molecule has 38 heavy (non-hydrogen) atoms. The Bertz CT molecular complexity index is 1280. The lowest BCUT2D eigenvalue weighted by molar-refractivity contribution is 0.00979. The van der Waals surface area contributed by atoms with Crippen molar-refractivity contribution < 1.29 is 14.3 Å². The number of pyridine rings is 1. The number of rotatable bonds is 9. The molecule has 1 aromatic carbocycles. The molecule has 1 aliphatic rings. The third kappa shape index (κ3) is 7.33. The van der Waals surface area contributed by atoms with E-state index in [2.05, 4.69) is 22.4 Å². The summed E-state index contributed by atoms with van der Waals surface area (Å²) in [5.41, 5.74) is 1.37. The van der Waals surface area contributed by atoms with Gasteiger partial charge in [0.1, 0.15) is 11.4 Å². The Labute approximate surface area is 233 Å². The first kappa shape index (κ1) is 28.5. The Balaban J connectivity index is 1.38. The highest BCUT2D eigenvalue weighted by Crippen LogP contribution is 2.26. The maximum Gasteiger partial charge on any atom is 0.410 e. The number of carbonyl (C=O) groups excluding carboxylic acids is 1. The summed E-state index contributed by atoms with van der Waals surface area (Å²) < 4.78 is 14.3. The Kier molecular flexibility index (Phi) is 9.44. The maximum atomic E-state index is 13.1. The van der Waals surface area contributed by atoms with E-state index in [1.54, 1.807) is 36.3 Å². The summed E-state index contributed by atoms with van der Waals surface area (Å²) in [5, 5.41) is 3.14. The normalized spacial score (nSPS) is 15.1. The first-order valence-corrected chi connectivity index (χ1v) is 15.1. The second-order valence-corrected chi connectivity index (χ2v) is 13.1. The number of thioether (sulfide) groups is 1. The summed E-state index contributed by atoms with van der Waals surface area (Å²) in [6.45, 7) is 11.5. The lowest BCUT2D eigenvalue weighted by Gasteiger charge is -2.39. The summed E-state index contributed by atoms with van der Waals surface area (Å²) in [7, 11) is 1.64. The molecule has 206 valence electrons. The lowest BCUT2D eigenvalue weighted by atomic mass is 10.0. The molecule has 1 amide bonds. The number of aryl methyl sites for hydroxylation is 1. The van der Waals surface area contributed by atoms with E-state index in [1.165, 1.54) is 4.21 Å². The largest absolute Gasteiger partial charge is 0.497 e. The van der Waals surface area contributed by atoms with Gasteiger partial charge in [-0.05, 0) is 69.7 Å². The van der Waals surface area contributed by atoms with Gasteiger partial charge in [0.25, 0.3) is 5.56 Å². The number of fused-ring (bicyclic) bond motifs is 1. The number of piperidine rings is 1. The van der Waals surface area contributed by atoms with Crippen LogP contribution in [0.5, 0.6) is 5.75 Å². The molecule has 7 nitrogen and oxygen atoms in total. The number of carbonyl (C=O) groups is 1. The van der Waals surface area contributed by atoms with Crippen LogP contribution in [0.3, 0.4) is 0 Å². The van der Waals surface area contributed by atoms with Crippen molar-refractivity contribution in [1.29, 1.82) is 0 Å². The number of nitrogens with zero attached hydrogens (tertiary/aromatic N) is 3. The predicted molar refractivity (Wildman–Crippen MR) is 157 cm³/mol. The summed E-state index contributed by atoms with van der Waals surface area (Å²) in [5.74, 6) is 1.59. The van der Waals surface area contributed by atoms with Crippen molar-refractivity contribution in [3.63, 3.8) is 0 Å². The molecule has 0 atom stereocenters. The van der Waals surface area contributed by atoms with E-state index in [1.807, 2.05) is 55.4 Å². The molecule has 1 fully saturated rings. The number of hydrogen-bond acceptors (Lipinski definition) is 7. The van der Waals surface area contributed by atoms with Crippen LogP contribution in [0.15, 0.2) is 50.8 Å². The molecule has 0 radical (unpaired) electrons. The van der Waals surface area contributed by atoms with Crippen molar-refractivity contribution in [2.24, 2.45) is 0 Å². The van der Waals surface area contributed by atoms with Gasteiger partial charge in [-0.15, -0.1) is 23.1 Å². The molecule has 1 aliphatic heterocycles. The van der Waals surface area contributed by atoms with Gasteiger partial charge in [-0.3, -0.25) is 4.79 Å². The van der Waals surface area contributed by atoms with Gasteiger partial charge >= 0.3 is 6.09 Å². The molecule has 1 saturated heterocycles. The van der Waals surface area contributed by atoms with Crippen molar-refractivity contribution in [3.8, 4) is 5.75 Å². The molecule has 0 spiro atoms. The predicted octanol–water partition coefficient (Wildman–Crippen LogP) is 5.87. The average molecular weight is 558 g/mol. The van der Waals surface area contributed by atoms with E-state index in [-0.39, 0.29) is 17.7 Å². The monoisotopic (exact) mass is 557 g/mol. The average Bonchev–Trinajstić information content (AvgIpc) is 3.39. The summed E-state index contributed by atoms with van der Waals surface area (Å²) in [4.78, 5) is 30.3. The molecule has 0 bridgehead atoms. The van der Waals surface area contributed by atoms with E-state index in [4.69, 9.17) is 9.47 Å². The second kappa shape index (κ2) is 12.6. The first-order valence-electron chi connectivity index (χ1n) is 13.2. The topological polar surface area (TPSA) is 64.0 Å². The highest BCUT2D eigenvalue weighted by Gasteiger charge is 2.31. The van der Waals surface area contributed by atoms with Crippen LogP contribution in [0.25, 0.3) is 10.9 Å². The summed E-state index contributed by atoms with van der Waals surface area (Å²) in [6.07, 6.45) is 1.55. The minimum Gasteiger partial charge on any atom is -0.497 e. The minimum absolute atomic E-state index is 0.0116. The molecule has 3 aromatic rings. The number of methoxy groups -OCH3 is 1. The van der Waals surface area contributed by atoms with Crippen LogP contribution in [-0.2, 0) is 11.3 Å². The number of aromatic nitrogens is 1. The van der Waals surface area contributed by atoms with Crippen molar-refractivity contribution in [2.75, 3.05) is 39.0 Å². The third-order valence-electron chi connectivity index (χ3n) is 6.86. The zero-order valence-corrected chi connectivity index (χ0v) is 24.7. The Morgan fingerprint density at radius 1 is 1.16 bits per heavy atom. The maximum absolute atomic E-state index is 13.1. The SMILES string of the molecule is COc1ccc2c(C)cc(=O)n(CCN3CCC(N(CCSc4cccs4)C(=O)OC(C)(C)C)CC3)c2c1. The van der Waals surface area contributed by atoms with Gasteiger partial charge in [0, 0.05) is 62.0 Å². The van der Waals surface area contributed by atoms with E-state index in [0.717, 1.165) is 60.4 Å². The van der Waals surface area contributed by atoms with Gasteiger partial charge in [0.15, 0.2) is 0 Å². The van der Waals surface area contributed by atoms with Crippen molar-refractivity contribution >= 4 is 40.1 Å². The Morgan fingerprint density at radius 2 is 1.92 bits per heavy atom. The van der Waals surface area contributed by atoms with Gasteiger partial charge in [0.05, 0.1) is 16.8 Å². The molecule has 4 rings (SSSR count).